The summed E-state index contributed by atoms with van der Waals surface area (Å²) in [6, 6.07) is 14.9. The molecule has 0 aliphatic rings. The standard InChI is InChI=1S/C19H18FN5O2S/c1-13-21-24-19(25(13)11-14-5-3-2-4-6-14)28-12-17(26)22-23-18(27)15-7-9-16(20)10-8-15/h2-10H,11-12H2,1H3,(H,22,26)(H,23,27). The molecule has 0 aliphatic carbocycles. The largest absolute Gasteiger partial charge is 0.302 e. The van der Waals surface area contributed by atoms with E-state index in [1.807, 2.05) is 41.8 Å². The number of carbonyl (C=O) groups is 2. The van der Waals surface area contributed by atoms with Crippen molar-refractivity contribution in [3.8, 4) is 0 Å². The summed E-state index contributed by atoms with van der Waals surface area (Å²) in [5, 5.41) is 8.79. The molecule has 1 heterocycles. The number of nitrogens with one attached hydrogen (secondary N) is 2. The first-order chi connectivity index (χ1) is 13.5. The number of aromatic nitrogens is 3. The first-order valence-electron chi connectivity index (χ1n) is 8.44. The molecule has 7 nitrogen and oxygen atoms in total. The van der Waals surface area contributed by atoms with Gasteiger partial charge in [0.15, 0.2) is 5.16 Å². The van der Waals surface area contributed by atoms with Crippen LogP contribution in [0.1, 0.15) is 21.7 Å². The first kappa shape index (κ1) is 19.6. The van der Waals surface area contributed by atoms with Crippen LogP contribution < -0.4 is 10.9 Å². The zero-order valence-electron chi connectivity index (χ0n) is 15.1. The van der Waals surface area contributed by atoms with Gasteiger partial charge in [-0.3, -0.25) is 20.4 Å². The highest BCUT2D eigenvalue weighted by molar-refractivity contribution is 7.99. The van der Waals surface area contributed by atoms with Gasteiger partial charge in [0.05, 0.1) is 12.3 Å². The number of aryl methyl sites for hydroxylation is 1. The topological polar surface area (TPSA) is 88.9 Å². The molecule has 2 aromatic carbocycles. The molecule has 2 N–H and O–H groups in total. The number of amides is 2. The number of benzene rings is 2. The van der Waals surface area contributed by atoms with Crippen molar-refractivity contribution < 1.29 is 14.0 Å². The predicted octanol–water partition coefficient (Wildman–Crippen LogP) is 2.33. The number of nitrogens with zero attached hydrogens (tertiary/aromatic N) is 3. The van der Waals surface area contributed by atoms with Crippen LogP contribution in [0.4, 0.5) is 4.39 Å². The SMILES string of the molecule is Cc1nnc(SCC(=O)NNC(=O)c2ccc(F)cc2)n1Cc1ccccc1. The maximum Gasteiger partial charge on any atom is 0.269 e. The fourth-order valence-electron chi connectivity index (χ4n) is 2.38. The molecule has 28 heavy (non-hydrogen) atoms. The van der Waals surface area contributed by atoms with Crippen LogP contribution in [0.2, 0.25) is 0 Å². The summed E-state index contributed by atoms with van der Waals surface area (Å²) >= 11 is 1.22. The lowest BCUT2D eigenvalue weighted by atomic mass is 10.2. The highest BCUT2D eigenvalue weighted by Crippen LogP contribution is 2.18. The Morgan fingerprint density at radius 3 is 2.46 bits per heavy atom. The summed E-state index contributed by atoms with van der Waals surface area (Å²) in [7, 11) is 0. The monoisotopic (exact) mass is 399 g/mol. The van der Waals surface area contributed by atoms with Crippen molar-refractivity contribution in [2.45, 2.75) is 18.6 Å². The Morgan fingerprint density at radius 2 is 1.75 bits per heavy atom. The van der Waals surface area contributed by atoms with Crippen molar-refractivity contribution in [3.63, 3.8) is 0 Å². The minimum atomic E-state index is -0.526. The number of hydrazine groups is 1. The summed E-state index contributed by atoms with van der Waals surface area (Å²) < 4.78 is 14.8. The molecule has 0 saturated heterocycles. The van der Waals surface area contributed by atoms with Gasteiger partial charge in [0.1, 0.15) is 11.6 Å². The van der Waals surface area contributed by atoms with Gasteiger partial charge in [0, 0.05) is 5.56 Å². The van der Waals surface area contributed by atoms with E-state index < -0.39 is 17.6 Å². The minimum absolute atomic E-state index is 0.0522. The molecule has 3 aromatic rings. The Kier molecular flexibility index (Phi) is 6.38. The third-order valence-electron chi connectivity index (χ3n) is 3.84. The Balaban J connectivity index is 1.52. The highest BCUT2D eigenvalue weighted by atomic mass is 32.2. The Hall–Kier alpha value is -3.20. The van der Waals surface area contributed by atoms with Gasteiger partial charge in [-0.05, 0) is 36.8 Å². The molecule has 144 valence electrons. The van der Waals surface area contributed by atoms with E-state index in [-0.39, 0.29) is 11.3 Å². The Morgan fingerprint density at radius 1 is 1.04 bits per heavy atom. The normalized spacial score (nSPS) is 10.5. The molecule has 1 aromatic heterocycles. The molecule has 2 amide bonds. The van der Waals surface area contributed by atoms with Gasteiger partial charge in [-0.2, -0.15) is 0 Å². The van der Waals surface area contributed by atoms with Gasteiger partial charge < -0.3 is 4.57 Å². The number of carbonyl (C=O) groups excluding carboxylic acids is 2. The van der Waals surface area contributed by atoms with Gasteiger partial charge in [0.2, 0.25) is 5.91 Å². The maximum atomic E-state index is 12.9. The fourth-order valence-corrected chi connectivity index (χ4v) is 3.17. The molecule has 0 bridgehead atoms. The zero-order valence-corrected chi connectivity index (χ0v) is 15.9. The van der Waals surface area contributed by atoms with Crippen LogP contribution in [0, 0.1) is 12.7 Å². The van der Waals surface area contributed by atoms with Crippen LogP contribution in [0.3, 0.4) is 0 Å². The van der Waals surface area contributed by atoms with Gasteiger partial charge in [-0.15, -0.1) is 10.2 Å². The minimum Gasteiger partial charge on any atom is -0.302 e. The number of thioether (sulfide) groups is 1. The Bertz CT molecular complexity index is 960. The molecule has 0 saturated carbocycles. The van der Waals surface area contributed by atoms with Crippen LogP contribution >= 0.6 is 11.8 Å². The van der Waals surface area contributed by atoms with Crippen LogP contribution in [-0.2, 0) is 11.3 Å². The summed E-state index contributed by atoms with van der Waals surface area (Å²) in [5.41, 5.74) is 5.97. The van der Waals surface area contributed by atoms with E-state index in [9.17, 15) is 14.0 Å². The van der Waals surface area contributed by atoms with Crippen molar-refractivity contribution in [2.24, 2.45) is 0 Å². The van der Waals surface area contributed by atoms with E-state index in [0.29, 0.717) is 11.7 Å². The average Bonchev–Trinajstić information content (AvgIpc) is 3.05. The molecule has 0 atom stereocenters. The summed E-state index contributed by atoms with van der Waals surface area (Å²) in [6.45, 7) is 2.45. The molecule has 0 fully saturated rings. The number of hydrogen-bond donors (Lipinski definition) is 2. The van der Waals surface area contributed by atoms with E-state index in [4.69, 9.17) is 0 Å². The van der Waals surface area contributed by atoms with Gasteiger partial charge >= 0.3 is 0 Å². The van der Waals surface area contributed by atoms with Crippen molar-refractivity contribution >= 4 is 23.6 Å². The van der Waals surface area contributed by atoms with Crippen LogP contribution in [-0.4, -0.2) is 32.3 Å². The lowest BCUT2D eigenvalue weighted by molar-refractivity contribution is -0.119. The van der Waals surface area contributed by atoms with Crippen molar-refractivity contribution in [2.75, 3.05) is 5.75 Å². The lowest BCUT2D eigenvalue weighted by Gasteiger charge is -2.09. The highest BCUT2D eigenvalue weighted by Gasteiger charge is 2.13. The van der Waals surface area contributed by atoms with Crippen LogP contribution in [0.5, 0.6) is 0 Å². The zero-order chi connectivity index (χ0) is 19.9. The summed E-state index contributed by atoms with van der Waals surface area (Å²) in [6.07, 6.45) is 0. The first-order valence-corrected chi connectivity index (χ1v) is 9.43. The summed E-state index contributed by atoms with van der Waals surface area (Å²) in [5.74, 6) is -0.562. The molecule has 0 spiro atoms. The molecule has 0 aliphatic heterocycles. The second-order valence-corrected chi connectivity index (χ2v) is 6.84. The molecular weight excluding hydrogens is 381 g/mol. The van der Waals surface area contributed by atoms with Gasteiger partial charge in [-0.1, -0.05) is 42.1 Å². The third kappa shape index (κ3) is 5.17. The predicted molar refractivity (Wildman–Crippen MR) is 103 cm³/mol. The van der Waals surface area contributed by atoms with Crippen molar-refractivity contribution in [1.29, 1.82) is 0 Å². The van der Waals surface area contributed by atoms with E-state index in [0.717, 1.165) is 11.4 Å². The molecule has 9 heteroatoms. The van der Waals surface area contributed by atoms with Crippen LogP contribution in [0.25, 0.3) is 0 Å². The molecule has 3 rings (SSSR count). The van der Waals surface area contributed by atoms with E-state index in [1.165, 1.54) is 36.0 Å². The Labute approximate surface area is 165 Å². The molecule has 0 unspecified atom stereocenters. The fraction of sp³-hybridized carbons (Fsp3) is 0.158. The van der Waals surface area contributed by atoms with Crippen molar-refractivity contribution in [3.05, 3.63) is 77.4 Å². The quantitative estimate of drug-likeness (QED) is 0.491. The molecule has 0 radical (unpaired) electrons. The number of rotatable bonds is 6. The van der Waals surface area contributed by atoms with Crippen molar-refractivity contribution in [1.82, 2.24) is 25.6 Å². The second-order valence-electron chi connectivity index (χ2n) is 5.90. The maximum absolute atomic E-state index is 12.9. The lowest BCUT2D eigenvalue weighted by Crippen LogP contribution is -2.42. The average molecular weight is 399 g/mol. The van der Waals surface area contributed by atoms with Gasteiger partial charge in [-0.25, -0.2) is 4.39 Å². The molecular formula is C19H18FN5O2S. The second kappa shape index (κ2) is 9.14. The van der Waals surface area contributed by atoms with Gasteiger partial charge in [0.25, 0.3) is 5.91 Å². The van der Waals surface area contributed by atoms with E-state index >= 15 is 0 Å². The smallest absolute Gasteiger partial charge is 0.269 e. The summed E-state index contributed by atoms with van der Waals surface area (Å²) in [4.78, 5) is 23.9. The number of halogens is 1. The van der Waals surface area contributed by atoms with E-state index in [1.54, 1.807) is 0 Å². The van der Waals surface area contributed by atoms with E-state index in [2.05, 4.69) is 21.0 Å². The third-order valence-corrected chi connectivity index (χ3v) is 4.81. The number of hydrogen-bond acceptors (Lipinski definition) is 5. The van der Waals surface area contributed by atoms with Crippen LogP contribution in [0.15, 0.2) is 59.8 Å².